The second-order valence-corrected chi connectivity index (χ2v) is 7.29. The molecule has 0 radical (unpaired) electrons. The molecule has 6 nitrogen and oxygen atoms in total. The van der Waals surface area contributed by atoms with Crippen LogP contribution >= 0.6 is 22.9 Å². The van der Waals surface area contributed by atoms with E-state index in [1.165, 1.54) is 0 Å². The minimum Gasteiger partial charge on any atom is -0.508 e. The maximum Gasteiger partial charge on any atom is 0.214 e. The van der Waals surface area contributed by atoms with Gasteiger partial charge < -0.3 is 9.67 Å². The molecule has 128 valence electrons. The number of nitrogens with zero attached hydrogens (tertiary/aromatic N) is 4. The van der Waals surface area contributed by atoms with E-state index in [0.717, 1.165) is 45.7 Å². The number of H-pyrrole nitrogens is 1. The van der Waals surface area contributed by atoms with Crippen molar-refractivity contribution in [3.8, 4) is 27.7 Å². The molecule has 0 unspecified atom stereocenters. The first kappa shape index (κ1) is 16.1. The van der Waals surface area contributed by atoms with E-state index in [4.69, 9.17) is 11.6 Å². The standard InChI is InChI=1S/C17H16ClN5OS/c1-2-3-6-23-13(11-5-4-10(24)7-12(11)18)8-15-14(23)9-16(25-15)17-19-21-22-20-17/h4-5,7-9,24H,2-3,6H2,1H3,(H,19,20,21,22). The second-order valence-electron chi connectivity index (χ2n) is 5.79. The van der Waals surface area contributed by atoms with Gasteiger partial charge >= 0.3 is 0 Å². The van der Waals surface area contributed by atoms with E-state index >= 15 is 0 Å². The van der Waals surface area contributed by atoms with Crippen LogP contribution in [0, 0.1) is 0 Å². The summed E-state index contributed by atoms with van der Waals surface area (Å²) in [6, 6.07) is 9.33. The zero-order valence-electron chi connectivity index (χ0n) is 13.5. The van der Waals surface area contributed by atoms with Gasteiger partial charge in [0.1, 0.15) is 5.75 Å². The maximum absolute atomic E-state index is 9.63. The predicted octanol–water partition coefficient (Wildman–Crippen LogP) is 4.71. The molecule has 0 aliphatic rings. The molecule has 0 amide bonds. The number of unbranched alkanes of at least 4 members (excludes halogenated alkanes) is 1. The Labute approximate surface area is 153 Å². The van der Waals surface area contributed by atoms with Crippen LogP contribution in [-0.4, -0.2) is 30.3 Å². The van der Waals surface area contributed by atoms with Crippen molar-refractivity contribution >= 4 is 33.2 Å². The first-order valence-corrected chi connectivity index (χ1v) is 9.22. The molecule has 3 aromatic heterocycles. The maximum atomic E-state index is 9.63. The normalized spacial score (nSPS) is 11.4. The zero-order valence-corrected chi connectivity index (χ0v) is 15.1. The lowest BCUT2D eigenvalue weighted by atomic mass is 10.1. The number of phenols is 1. The lowest BCUT2D eigenvalue weighted by Gasteiger charge is -2.11. The number of aromatic hydroxyl groups is 1. The Kier molecular flexibility index (Phi) is 4.19. The van der Waals surface area contributed by atoms with Gasteiger partial charge in [-0.15, -0.1) is 21.5 Å². The van der Waals surface area contributed by atoms with Crippen LogP contribution in [0.25, 0.3) is 32.2 Å². The molecule has 0 atom stereocenters. The minimum absolute atomic E-state index is 0.168. The Morgan fingerprint density at radius 1 is 1.28 bits per heavy atom. The first-order chi connectivity index (χ1) is 12.2. The van der Waals surface area contributed by atoms with Crippen LogP contribution in [0.5, 0.6) is 5.75 Å². The summed E-state index contributed by atoms with van der Waals surface area (Å²) < 4.78 is 3.42. The highest BCUT2D eigenvalue weighted by molar-refractivity contribution is 7.22. The predicted molar refractivity (Wildman–Crippen MR) is 100 cm³/mol. The van der Waals surface area contributed by atoms with Crippen molar-refractivity contribution in [1.29, 1.82) is 0 Å². The van der Waals surface area contributed by atoms with E-state index in [2.05, 4.69) is 44.2 Å². The molecule has 25 heavy (non-hydrogen) atoms. The number of hydrogen-bond donors (Lipinski definition) is 2. The van der Waals surface area contributed by atoms with E-state index in [0.29, 0.717) is 10.8 Å². The van der Waals surface area contributed by atoms with Crippen molar-refractivity contribution in [2.24, 2.45) is 0 Å². The summed E-state index contributed by atoms with van der Waals surface area (Å²) in [5.41, 5.74) is 3.11. The number of benzene rings is 1. The van der Waals surface area contributed by atoms with E-state index in [9.17, 15) is 5.11 Å². The Morgan fingerprint density at radius 3 is 2.88 bits per heavy atom. The topological polar surface area (TPSA) is 79.6 Å². The highest BCUT2D eigenvalue weighted by Crippen LogP contribution is 2.39. The van der Waals surface area contributed by atoms with Crippen LogP contribution in [0.15, 0.2) is 30.3 Å². The first-order valence-electron chi connectivity index (χ1n) is 8.03. The van der Waals surface area contributed by atoms with E-state index in [-0.39, 0.29) is 5.75 Å². The summed E-state index contributed by atoms with van der Waals surface area (Å²) in [4.78, 5) is 0.979. The third-order valence-electron chi connectivity index (χ3n) is 4.12. The average Bonchev–Trinajstić information content (AvgIpc) is 3.29. The number of fused-ring (bicyclic) bond motifs is 1. The van der Waals surface area contributed by atoms with Gasteiger partial charge in [0.25, 0.3) is 0 Å². The summed E-state index contributed by atoms with van der Waals surface area (Å²) in [5, 5.41) is 24.4. The van der Waals surface area contributed by atoms with E-state index < -0.39 is 0 Å². The molecule has 0 aliphatic carbocycles. The van der Waals surface area contributed by atoms with Gasteiger partial charge in [0.05, 0.1) is 25.8 Å². The Hall–Kier alpha value is -2.38. The van der Waals surface area contributed by atoms with Crippen molar-refractivity contribution in [1.82, 2.24) is 25.2 Å². The molecule has 4 rings (SSSR count). The van der Waals surface area contributed by atoms with Crippen molar-refractivity contribution in [3.63, 3.8) is 0 Å². The second kappa shape index (κ2) is 6.50. The largest absolute Gasteiger partial charge is 0.508 e. The Balaban J connectivity index is 1.87. The molecule has 0 aliphatic heterocycles. The number of nitrogens with one attached hydrogen (secondary N) is 1. The molecule has 8 heteroatoms. The van der Waals surface area contributed by atoms with Crippen molar-refractivity contribution < 1.29 is 5.11 Å². The number of aromatic nitrogens is 5. The third kappa shape index (κ3) is 2.89. The number of tetrazole rings is 1. The van der Waals surface area contributed by atoms with Gasteiger partial charge in [-0.2, -0.15) is 5.21 Å². The summed E-state index contributed by atoms with van der Waals surface area (Å²) >= 11 is 8.00. The van der Waals surface area contributed by atoms with Gasteiger partial charge in [-0.1, -0.05) is 24.9 Å². The highest BCUT2D eigenvalue weighted by Gasteiger charge is 2.17. The Morgan fingerprint density at radius 2 is 2.16 bits per heavy atom. The van der Waals surface area contributed by atoms with Gasteiger partial charge in [-0.25, -0.2) is 0 Å². The number of aryl methyl sites for hydroxylation is 1. The SMILES string of the molecule is CCCCn1c(-c2ccc(O)cc2Cl)cc2sc(-c3nn[nH]n3)cc21. The van der Waals surface area contributed by atoms with Gasteiger partial charge in [0, 0.05) is 12.1 Å². The molecule has 0 saturated heterocycles. The van der Waals surface area contributed by atoms with Gasteiger partial charge in [-0.05, 0) is 42.0 Å². The van der Waals surface area contributed by atoms with Crippen molar-refractivity contribution in [2.45, 2.75) is 26.3 Å². The fourth-order valence-corrected chi connectivity index (χ4v) is 4.21. The number of thiophene rings is 1. The molecular formula is C17H16ClN5OS. The van der Waals surface area contributed by atoms with E-state index in [1.54, 1.807) is 23.5 Å². The Bertz CT molecular complexity index is 1020. The number of rotatable bonds is 5. The van der Waals surface area contributed by atoms with Crippen LogP contribution in [0.2, 0.25) is 5.02 Å². The van der Waals surface area contributed by atoms with E-state index in [1.807, 2.05) is 6.07 Å². The fraction of sp³-hybridized carbons (Fsp3) is 0.235. The van der Waals surface area contributed by atoms with Crippen LogP contribution in [0.4, 0.5) is 0 Å². The summed E-state index contributed by atoms with van der Waals surface area (Å²) in [6.07, 6.45) is 2.17. The molecule has 2 N–H and O–H groups in total. The fourth-order valence-electron chi connectivity index (χ4n) is 2.91. The van der Waals surface area contributed by atoms with Gasteiger partial charge in [-0.3, -0.25) is 0 Å². The van der Waals surface area contributed by atoms with Crippen LogP contribution in [0.3, 0.4) is 0 Å². The highest BCUT2D eigenvalue weighted by atomic mass is 35.5. The number of phenolic OH excluding ortho intramolecular Hbond substituents is 1. The summed E-state index contributed by atoms with van der Waals surface area (Å²) in [6.45, 7) is 3.07. The number of aromatic amines is 1. The average molecular weight is 374 g/mol. The van der Waals surface area contributed by atoms with Crippen molar-refractivity contribution in [2.75, 3.05) is 0 Å². The van der Waals surface area contributed by atoms with Crippen LogP contribution in [-0.2, 0) is 6.54 Å². The molecule has 3 heterocycles. The molecule has 4 aromatic rings. The molecular weight excluding hydrogens is 358 g/mol. The molecule has 0 spiro atoms. The van der Waals surface area contributed by atoms with Crippen molar-refractivity contribution in [3.05, 3.63) is 35.4 Å². The van der Waals surface area contributed by atoms with Crippen LogP contribution < -0.4 is 0 Å². The van der Waals surface area contributed by atoms with Gasteiger partial charge in [0.15, 0.2) is 0 Å². The summed E-state index contributed by atoms with van der Waals surface area (Å²) in [7, 11) is 0. The monoisotopic (exact) mass is 373 g/mol. The molecule has 0 bridgehead atoms. The smallest absolute Gasteiger partial charge is 0.214 e. The molecule has 0 fully saturated rings. The minimum atomic E-state index is 0.168. The lowest BCUT2D eigenvalue weighted by molar-refractivity contribution is 0.475. The molecule has 0 saturated carbocycles. The van der Waals surface area contributed by atoms with Gasteiger partial charge in [0.2, 0.25) is 5.82 Å². The summed E-state index contributed by atoms with van der Waals surface area (Å²) in [5.74, 6) is 0.772. The quantitative estimate of drug-likeness (QED) is 0.531. The lowest BCUT2D eigenvalue weighted by Crippen LogP contribution is -1.99. The third-order valence-corrected chi connectivity index (χ3v) is 5.50. The van der Waals surface area contributed by atoms with Crippen LogP contribution in [0.1, 0.15) is 19.8 Å². The molecule has 1 aromatic carbocycles. The number of hydrogen-bond acceptors (Lipinski definition) is 5. The zero-order chi connectivity index (χ0) is 17.4. The number of halogens is 1.